The first-order valence-corrected chi connectivity index (χ1v) is 10.7. The summed E-state index contributed by atoms with van der Waals surface area (Å²) in [5, 5.41) is 19.2. The molecule has 8 atom stereocenters. The Kier molecular flexibility index (Phi) is 4.46. The van der Waals surface area contributed by atoms with Crippen LogP contribution in [0.4, 0.5) is 0 Å². The molecular formula is C22H36O3. The van der Waals surface area contributed by atoms with Crippen molar-refractivity contribution in [3.05, 3.63) is 0 Å². The van der Waals surface area contributed by atoms with Crippen molar-refractivity contribution in [3.63, 3.8) is 0 Å². The largest absolute Gasteiger partial charge is 0.481 e. The van der Waals surface area contributed by atoms with Gasteiger partial charge < -0.3 is 10.2 Å². The molecule has 4 aliphatic carbocycles. The second-order valence-electron chi connectivity index (χ2n) is 10.3. The molecular weight excluding hydrogens is 312 g/mol. The summed E-state index contributed by atoms with van der Waals surface area (Å²) < 4.78 is 0. The average molecular weight is 349 g/mol. The Labute approximate surface area is 152 Å². The third kappa shape index (κ3) is 2.76. The van der Waals surface area contributed by atoms with E-state index in [1.54, 1.807) is 0 Å². The van der Waals surface area contributed by atoms with Crippen molar-refractivity contribution in [2.45, 2.75) is 90.6 Å². The van der Waals surface area contributed by atoms with E-state index in [0.29, 0.717) is 23.2 Å². The average Bonchev–Trinajstić information content (AvgIpc) is 2.90. The summed E-state index contributed by atoms with van der Waals surface area (Å²) in [6.07, 6.45) is 12.3. The lowest BCUT2D eigenvalue weighted by atomic mass is 9.44. The van der Waals surface area contributed by atoms with Crippen LogP contribution in [-0.4, -0.2) is 22.3 Å². The second-order valence-corrected chi connectivity index (χ2v) is 10.3. The van der Waals surface area contributed by atoms with Crippen molar-refractivity contribution in [3.8, 4) is 0 Å². The summed E-state index contributed by atoms with van der Waals surface area (Å²) in [5.74, 6) is 3.23. The highest BCUT2D eigenvalue weighted by molar-refractivity contribution is 5.66. The molecule has 0 aromatic rings. The van der Waals surface area contributed by atoms with Crippen molar-refractivity contribution in [2.75, 3.05) is 0 Å². The third-order valence-electron chi connectivity index (χ3n) is 9.54. The molecule has 0 radical (unpaired) electrons. The van der Waals surface area contributed by atoms with E-state index in [0.717, 1.165) is 42.9 Å². The molecule has 2 N–H and O–H groups in total. The molecule has 0 spiro atoms. The van der Waals surface area contributed by atoms with Crippen molar-refractivity contribution in [1.82, 2.24) is 0 Å². The zero-order valence-electron chi connectivity index (χ0n) is 16.0. The number of fused-ring (bicyclic) bond motifs is 5. The number of aliphatic hydroxyl groups excluding tert-OH is 1. The van der Waals surface area contributed by atoms with Crippen LogP contribution in [0.25, 0.3) is 0 Å². The molecule has 0 amide bonds. The van der Waals surface area contributed by atoms with Crippen LogP contribution in [0.3, 0.4) is 0 Å². The van der Waals surface area contributed by atoms with Crippen LogP contribution < -0.4 is 0 Å². The molecule has 4 rings (SSSR count). The molecule has 0 aromatic carbocycles. The summed E-state index contributed by atoms with van der Waals surface area (Å²) in [6, 6.07) is 0. The molecule has 3 heteroatoms. The van der Waals surface area contributed by atoms with Gasteiger partial charge in [0.1, 0.15) is 0 Å². The minimum absolute atomic E-state index is 0.0599. The van der Waals surface area contributed by atoms with Crippen molar-refractivity contribution in [1.29, 1.82) is 0 Å². The lowest BCUT2D eigenvalue weighted by Gasteiger charge is -2.61. The molecule has 3 nitrogen and oxygen atoms in total. The lowest BCUT2D eigenvalue weighted by Crippen LogP contribution is -2.53. The van der Waals surface area contributed by atoms with Crippen LogP contribution in [-0.2, 0) is 4.79 Å². The topological polar surface area (TPSA) is 57.5 Å². The van der Waals surface area contributed by atoms with Crippen molar-refractivity contribution >= 4 is 5.97 Å². The fourth-order valence-electron chi connectivity index (χ4n) is 8.12. The number of carbonyl (C=O) groups is 1. The predicted molar refractivity (Wildman–Crippen MR) is 98.1 cm³/mol. The minimum Gasteiger partial charge on any atom is -0.481 e. The maximum Gasteiger partial charge on any atom is 0.303 e. The Morgan fingerprint density at radius 3 is 2.44 bits per heavy atom. The molecule has 0 saturated heterocycles. The first-order chi connectivity index (χ1) is 11.8. The Hall–Kier alpha value is -0.570. The normalized spacial score (nSPS) is 52.1. The minimum atomic E-state index is -0.630. The highest BCUT2D eigenvalue weighted by Gasteiger charge is 2.59. The van der Waals surface area contributed by atoms with Crippen LogP contribution in [0.15, 0.2) is 0 Å². The van der Waals surface area contributed by atoms with E-state index >= 15 is 0 Å². The van der Waals surface area contributed by atoms with Gasteiger partial charge in [0.05, 0.1) is 6.10 Å². The van der Waals surface area contributed by atoms with Gasteiger partial charge in [-0.2, -0.15) is 0 Å². The summed E-state index contributed by atoms with van der Waals surface area (Å²) in [5.41, 5.74) is 0.830. The van der Waals surface area contributed by atoms with Crippen LogP contribution in [0.2, 0.25) is 0 Å². The van der Waals surface area contributed by atoms with E-state index in [1.807, 2.05) is 0 Å². The van der Waals surface area contributed by atoms with Gasteiger partial charge in [-0.05, 0) is 105 Å². The van der Waals surface area contributed by atoms with Gasteiger partial charge in [-0.25, -0.2) is 0 Å². The predicted octanol–water partition coefficient (Wildman–Crippen LogP) is 4.87. The van der Waals surface area contributed by atoms with E-state index < -0.39 is 5.97 Å². The van der Waals surface area contributed by atoms with Crippen molar-refractivity contribution < 1.29 is 15.0 Å². The zero-order valence-corrected chi connectivity index (χ0v) is 16.0. The highest BCUT2D eigenvalue weighted by atomic mass is 16.4. The molecule has 4 unspecified atom stereocenters. The van der Waals surface area contributed by atoms with Crippen molar-refractivity contribution in [2.24, 2.45) is 40.4 Å². The quantitative estimate of drug-likeness (QED) is 0.765. The Morgan fingerprint density at radius 2 is 1.68 bits per heavy atom. The van der Waals surface area contributed by atoms with Gasteiger partial charge in [0.25, 0.3) is 0 Å². The van der Waals surface area contributed by atoms with Crippen LogP contribution in [0.5, 0.6) is 0 Å². The summed E-state index contributed by atoms with van der Waals surface area (Å²) in [4.78, 5) is 11.1. The summed E-state index contributed by atoms with van der Waals surface area (Å²) in [6.45, 7) is 5.03. The number of aliphatic carboxylic acids is 1. The Balaban J connectivity index is 1.53. The Bertz CT molecular complexity index is 531. The number of rotatable bonds is 3. The number of carboxylic acids is 1. The molecule has 0 heterocycles. The first-order valence-electron chi connectivity index (χ1n) is 10.7. The van der Waals surface area contributed by atoms with Gasteiger partial charge in [0.2, 0.25) is 0 Å². The summed E-state index contributed by atoms with van der Waals surface area (Å²) in [7, 11) is 0. The monoisotopic (exact) mass is 348 g/mol. The number of hydrogen-bond donors (Lipinski definition) is 2. The maximum absolute atomic E-state index is 11.1. The van der Waals surface area contributed by atoms with Gasteiger partial charge in [-0.1, -0.05) is 13.8 Å². The second kappa shape index (κ2) is 6.25. The smallest absolute Gasteiger partial charge is 0.303 e. The highest BCUT2D eigenvalue weighted by Crippen LogP contribution is 2.67. The number of aliphatic hydroxyl groups is 1. The fraction of sp³-hybridized carbons (Fsp3) is 0.955. The van der Waals surface area contributed by atoms with E-state index in [1.165, 1.54) is 44.9 Å². The van der Waals surface area contributed by atoms with Gasteiger partial charge in [0.15, 0.2) is 0 Å². The fourth-order valence-corrected chi connectivity index (χ4v) is 8.12. The summed E-state index contributed by atoms with van der Waals surface area (Å²) >= 11 is 0. The first kappa shape index (κ1) is 17.8. The van der Waals surface area contributed by atoms with Crippen LogP contribution >= 0.6 is 0 Å². The van der Waals surface area contributed by atoms with E-state index in [4.69, 9.17) is 5.11 Å². The standard InChI is InChI=1S/C22H36O3/c1-21-12-10-19-17(18(21)7-4-14(21)5-8-20(24)25)6-3-15-13-16(23)9-11-22(15,19)2/h14-19,23H,3-13H2,1-2H3,(H,24,25)/t14?,15-,16-,17?,18?,19?,21-,22+/m1/s1. The Morgan fingerprint density at radius 1 is 0.960 bits per heavy atom. The van der Waals surface area contributed by atoms with E-state index in [2.05, 4.69) is 13.8 Å². The van der Waals surface area contributed by atoms with Gasteiger partial charge >= 0.3 is 5.97 Å². The molecule has 0 aromatic heterocycles. The van der Waals surface area contributed by atoms with Gasteiger partial charge in [-0.3, -0.25) is 4.79 Å². The molecule has 0 bridgehead atoms. The SMILES string of the molecule is C[C@]12CCC3C(CC[C@@H]4C[C@H](O)CC[C@]34C)C1CCC2CCC(=O)O. The van der Waals surface area contributed by atoms with Crippen LogP contribution in [0.1, 0.15) is 84.5 Å². The van der Waals surface area contributed by atoms with E-state index in [9.17, 15) is 9.90 Å². The van der Waals surface area contributed by atoms with Gasteiger partial charge in [0, 0.05) is 6.42 Å². The maximum atomic E-state index is 11.1. The number of carboxylic acid groups (broad SMARTS) is 1. The lowest BCUT2D eigenvalue weighted by molar-refractivity contribution is -0.138. The molecule has 25 heavy (non-hydrogen) atoms. The molecule has 142 valence electrons. The molecule has 4 saturated carbocycles. The zero-order chi connectivity index (χ0) is 17.8. The van der Waals surface area contributed by atoms with E-state index in [-0.39, 0.29) is 6.10 Å². The third-order valence-corrected chi connectivity index (χ3v) is 9.54. The van der Waals surface area contributed by atoms with Crippen LogP contribution in [0, 0.1) is 40.4 Å². The number of hydrogen-bond acceptors (Lipinski definition) is 2. The molecule has 4 fully saturated rings. The molecule has 4 aliphatic rings. The van der Waals surface area contributed by atoms with Gasteiger partial charge in [-0.15, -0.1) is 0 Å². The molecule has 0 aliphatic heterocycles.